The highest BCUT2D eigenvalue weighted by Crippen LogP contribution is 2.44. The first-order chi connectivity index (χ1) is 7.09. The van der Waals surface area contributed by atoms with Crippen molar-refractivity contribution in [2.24, 2.45) is 5.41 Å². The summed E-state index contributed by atoms with van der Waals surface area (Å²) in [6, 6.07) is 3.44. The molecule has 0 spiro atoms. The molecule has 0 aliphatic heterocycles. The Kier molecular flexibility index (Phi) is 2.78. The maximum atomic E-state index is 11.7. The molecular formula is C11H13BrN2O. The van der Waals surface area contributed by atoms with E-state index >= 15 is 0 Å². The van der Waals surface area contributed by atoms with E-state index in [0.29, 0.717) is 15.6 Å². The van der Waals surface area contributed by atoms with E-state index in [1.54, 1.807) is 18.3 Å². The van der Waals surface area contributed by atoms with Crippen LogP contribution in [0.15, 0.2) is 22.9 Å². The molecule has 1 N–H and O–H groups in total. The second kappa shape index (κ2) is 3.93. The van der Waals surface area contributed by atoms with Crippen molar-refractivity contribution in [2.75, 3.05) is 6.54 Å². The molecule has 15 heavy (non-hydrogen) atoms. The van der Waals surface area contributed by atoms with Gasteiger partial charge in [-0.15, -0.1) is 0 Å². The Morgan fingerprint density at radius 3 is 3.00 bits per heavy atom. The number of rotatable bonds is 3. The first kappa shape index (κ1) is 10.6. The third kappa shape index (κ3) is 2.78. The summed E-state index contributed by atoms with van der Waals surface area (Å²) < 4.78 is 0.688. The van der Waals surface area contributed by atoms with Gasteiger partial charge >= 0.3 is 0 Å². The number of hydrogen-bond acceptors (Lipinski definition) is 2. The smallest absolute Gasteiger partial charge is 0.251 e. The molecule has 0 aromatic carbocycles. The Morgan fingerprint density at radius 1 is 1.67 bits per heavy atom. The fourth-order valence-electron chi connectivity index (χ4n) is 1.33. The lowest BCUT2D eigenvalue weighted by molar-refractivity contribution is 0.0946. The molecule has 4 heteroatoms. The van der Waals surface area contributed by atoms with Crippen LogP contribution in [0.3, 0.4) is 0 Å². The molecule has 0 radical (unpaired) electrons. The molecule has 1 fully saturated rings. The number of hydrogen-bond donors (Lipinski definition) is 1. The van der Waals surface area contributed by atoms with Gasteiger partial charge in [-0.2, -0.15) is 0 Å². The van der Waals surface area contributed by atoms with E-state index in [0.717, 1.165) is 6.54 Å². The zero-order chi connectivity index (χ0) is 10.9. The summed E-state index contributed by atoms with van der Waals surface area (Å²) in [5.41, 5.74) is 1.00. The molecule has 2 rings (SSSR count). The Bertz CT molecular complexity index is 388. The maximum absolute atomic E-state index is 11.7. The van der Waals surface area contributed by atoms with Crippen molar-refractivity contribution in [2.45, 2.75) is 19.8 Å². The molecule has 1 amide bonds. The highest BCUT2D eigenvalue weighted by molar-refractivity contribution is 9.10. The van der Waals surface area contributed by atoms with Gasteiger partial charge in [0.15, 0.2) is 0 Å². The van der Waals surface area contributed by atoms with E-state index in [9.17, 15) is 4.79 Å². The number of aromatic nitrogens is 1. The van der Waals surface area contributed by atoms with Gasteiger partial charge in [-0.1, -0.05) is 6.92 Å². The first-order valence-corrected chi connectivity index (χ1v) is 5.78. The summed E-state index contributed by atoms with van der Waals surface area (Å²) in [5.74, 6) is -0.0220. The van der Waals surface area contributed by atoms with E-state index in [1.165, 1.54) is 12.8 Å². The van der Waals surface area contributed by atoms with Gasteiger partial charge in [0, 0.05) is 18.3 Å². The van der Waals surface area contributed by atoms with Crippen molar-refractivity contribution < 1.29 is 4.79 Å². The molecule has 1 aliphatic rings. The van der Waals surface area contributed by atoms with E-state index in [4.69, 9.17) is 0 Å². The number of amides is 1. The van der Waals surface area contributed by atoms with Crippen molar-refractivity contribution in [3.05, 3.63) is 28.5 Å². The van der Waals surface area contributed by atoms with E-state index < -0.39 is 0 Å². The van der Waals surface area contributed by atoms with Crippen LogP contribution in [-0.4, -0.2) is 17.4 Å². The Morgan fingerprint density at radius 2 is 2.40 bits per heavy atom. The normalized spacial score (nSPS) is 17.2. The quantitative estimate of drug-likeness (QED) is 0.856. The highest BCUT2D eigenvalue weighted by Gasteiger charge is 2.37. The summed E-state index contributed by atoms with van der Waals surface area (Å²) in [5, 5.41) is 2.94. The van der Waals surface area contributed by atoms with Crippen LogP contribution in [0.5, 0.6) is 0 Å². The molecule has 80 valence electrons. The summed E-state index contributed by atoms with van der Waals surface area (Å²) in [6.45, 7) is 2.96. The van der Waals surface area contributed by atoms with Crippen LogP contribution in [0.4, 0.5) is 0 Å². The van der Waals surface area contributed by atoms with Gasteiger partial charge in [0.1, 0.15) is 4.60 Å². The van der Waals surface area contributed by atoms with Gasteiger partial charge in [0.2, 0.25) is 0 Å². The number of nitrogens with one attached hydrogen (secondary N) is 1. The molecular weight excluding hydrogens is 256 g/mol. The lowest BCUT2D eigenvalue weighted by atomic mass is 10.1. The molecule has 1 saturated carbocycles. The average molecular weight is 269 g/mol. The summed E-state index contributed by atoms with van der Waals surface area (Å²) in [6.07, 6.45) is 4.05. The van der Waals surface area contributed by atoms with Crippen LogP contribution in [0, 0.1) is 5.41 Å². The van der Waals surface area contributed by atoms with Crippen LogP contribution in [0.1, 0.15) is 30.1 Å². The molecule has 1 heterocycles. The highest BCUT2D eigenvalue weighted by atomic mass is 79.9. The van der Waals surface area contributed by atoms with Crippen LogP contribution in [0.2, 0.25) is 0 Å². The minimum Gasteiger partial charge on any atom is -0.351 e. The van der Waals surface area contributed by atoms with Crippen LogP contribution < -0.4 is 5.32 Å². The van der Waals surface area contributed by atoms with Crippen molar-refractivity contribution >= 4 is 21.8 Å². The predicted octanol–water partition coefficient (Wildman–Crippen LogP) is 2.37. The van der Waals surface area contributed by atoms with Gasteiger partial charge in [0.25, 0.3) is 5.91 Å². The first-order valence-electron chi connectivity index (χ1n) is 4.99. The average Bonchev–Trinajstić information content (AvgIpc) is 2.94. The zero-order valence-electron chi connectivity index (χ0n) is 8.59. The molecule has 1 aromatic rings. The van der Waals surface area contributed by atoms with Gasteiger partial charge in [-0.25, -0.2) is 4.98 Å². The third-order valence-electron chi connectivity index (χ3n) is 2.77. The Labute approximate surface area is 97.4 Å². The van der Waals surface area contributed by atoms with Crippen LogP contribution in [0.25, 0.3) is 0 Å². The van der Waals surface area contributed by atoms with Crippen molar-refractivity contribution in [1.82, 2.24) is 10.3 Å². The van der Waals surface area contributed by atoms with Gasteiger partial charge in [-0.05, 0) is 46.3 Å². The third-order valence-corrected chi connectivity index (χ3v) is 3.20. The number of carbonyl (C=O) groups excluding carboxylic acids is 1. The number of nitrogens with zero attached hydrogens (tertiary/aromatic N) is 1. The lowest BCUT2D eigenvalue weighted by Gasteiger charge is -2.09. The fraction of sp³-hybridized carbons (Fsp3) is 0.455. The molecule has 1 aromatic heterocycles. The Hall–Kier alpha value is -0.900. The predicted molar refractivity (Wildman–Crippen MR) is 61.6 cm³/mol. The van der Waals surface area contributed by atoms with Crippen molar-refractivity contribution in [1.29, 1.82) is 0 Å². The van der Waals surface area contributed by atoms with Crippen LogP contribution >= 0.6 is 15.9 Å². The Balaban J connectivity index is 1.95. The fourth-order valence-corrected chi connectivity index (χ4v) is 1.69. The van der Waals surface area contributed by atoms with Crippen molar-refractivity contribution in [3.8, 4) is 0 Å². The second-order valence-corrected chi connectivity index (χ2v) is 5.17. The number of carbonyl (C=O) groups is 1. The largest absolute Gasteiger partial charge is 0.351 e. The number of pyridine rings is 1. The second-order valence-electron chi connectivity index (χ2n) is 4.36. The summed E-state index contributed by atoms with van der Waals surface area (Å²) in [4.78, 5) is 15.7. The molecule has 0 saturated heterocycles. The number of halogens is 1. The molecule has 1 aliphatic carbocycles. The van der Waals surface area contributed by atoms with Crippen molar-refractivity contribution in [3.63, 3.8) is 0 Å². The monoisotopic (exact) mass is 268 g/mol. The molecule has 0 unspecified atom stereocenters. The lowest BCUT2D eigenvalue weighted by Crippen LogP contribution is -2.28. The molecule has 0 atom stereocenters. The summed E-state index contributed by atoms with van der Waals surface area (Å²) in [7, 11) is 0. The zero-order valence-corrected chi connectivity index (χ0v) is 10.2. The van der Waals surface area contributed by atoms with Gasteiger partial charge in [0.05, 0.1) is 0 Å². The topological polar surface area (TPSA) is 42.0 Å². The molecule has 0 bridgehead atoms. The van der Waals surface area contributed by atoms with Crippen LogP contribution in [-0.2, 0) is 0 Å². The maximum Gasteiger partial charge on any atom is 0.251 e. The minimum atomic E-state index is -0.0220. The SMILES string of the molecule is CC1(CNC(=O)c2ccnc(Br)c2)CC1. The van der Waals surface area contributed by atoms with E-state index in [1.807, 2.05) is 0 Å². The van der Waals surface area contributed by atoms with E-state index in [2.05, 4.69) is 33.2 Å². The van der Waals surface area contributed by atoms with Gasteiger partial charge < -0.3 is 5.32 Å². The van der Waals surface area contributed by atoms with E-state index in [-0.39, 0.29) is 5.91 Å². The van der Waals surface area contributed by atoms with Gasteiger partial charge in [-0.3, -0.25) is 4.79 Å². The summed E-state index contributed by atoms with van der Waals surface area (Å²) >= 11 is 3.24. The minimum absolute atomic E-state index is 0.0220. The molecule has 3 nitrogen and oxygen atoms in total. The standard InChI is InChI=1S/C11H13BrN2O/c1-11(3-4-11)7-14-10(15)8-2-5-13-9(12)6-8/h2,5-6H,3-4,7H2,1H3,(H,14,15).